The van der Waals surface area contributed by atoms with Crippen molar-refractivity contribution < 1.29 is 12.8 Å². The Bertz CT molecular complexity index is 1100. The van der Waals surface area contributed by atoms with Gasteiger partial charge < -0.3 is 4.42 Å². The summed E-state index contributed by atoms with van der Waals surface area (Å²) >= 11 is 0. The molecule has 30 heavy (non-hydrogen) atoms. The molecule has 1 aromatic heterocycles. The molecule has 0 spiro atoms. The van der Waals surface area contributed by atoms with Crippen LogP contribution in [0.4, 0.5) is 0 Å². The molecule has 7 heteroatoms. The van der Waals surface area contributed by atoms with Crippen molar-refractivity contribution in [2.45, 2.75) is 50.3 Å². The van der Waals surface area contributed by atoms with Crippen molar-refractivity contribution >= 4 is 10.0 Å². The zero-order chi connectivity index (χ0) is 21.1. The topological polar surface area (TPSA) is 76.3 Å². The predicted octanol–water partition coefficient (Wildman–Crippen LogP) is 4.57. The lowest BCUT2D eigenvalue weighted by atomic mass is 9.98. The Kier molecular flexibility index (Phi) is 6.01. The Morgan fingerprint density at radius 1 is 1.07 bits per heavy atom. The maximum Gasteiger partial charge on any atom is 0.247 e. The molecular weight excluding hydrogens is 398 g/mol. The van der Waals surface area contributed by atoms with Gasteiger partial charge in [-0.05, 0) is 56.0 Å². The lowest BCUT2D eigenvalue weighted by molar-refractivity contribution is 0.291. The average molecular weight is 426 g/mol. The number of nitrogens with zero attached hydrogens (tertiary/aromatic N) is 3. The van der Waals surface area contributed by atoms with E-state index in [1.165, 1.54) is 0 Å². The van der Waals surface area contributed by atoms with E-state index in [2.05, 4.69) is 17.1 Å². The second kappa shape index (κ2) is 8.70. The summed E-state index contributed by atoms with van der Waals surface area (Å²) in [5.41, 5.74) is 3.20. The van der Waals surface area contributed by atoms with Crippen molar-refractivity contribution in [3.05, 3.63) is 65.5 Å². The fraction of sp³-hybridized carbons (Fsp3) is 0.391. The van der Waals surface area contributed by atoms with Crippen LogP contribution in [0.3, 0.4) is 0 Å². The van der Waals surface area contributed by atoms with E-state index in [1.807, 2.05) is 43.3 Å². The van der Waals surface area contributed by atoms with Crippen LogP contribution in [0.1, 0.15) is 49.1 Å². The maximum atomic E-state index is 13.0. The molecule has 1 aliphatic rings. The highest BCUT2D eigenvalue weighted by Crippen LogP contribution is 2.31. The molecule has 2 aromatic carbocycles. The number of piperidine rings is 1. The lowest BCUT2D eigenvalue weighted by Gasteiger charge is -2.29. The number of sulfonamides is 1. The van der Waals surface area contributed by atoms with Gasteiger partial charge in [-0.15, -0.1) is 10.2 Å². The van der Waals surface area contributed by atoms with Crippen LogP contribution in [0.5, 0.6) is 0 Å². The molecule has 158 valence electrons. The SMILES string of the molecule is CCCc1ccc(S(=O)(=O)N2CCC(c3nnc(-c4cccc(C)c4)o3)CC2)cc1. The van der Waals surface area contributed by atoms with E-state index in [4.69, 9.17) is 4.42 Å². The third-order valence-electron chi connectivity index (χ3n) is 5.61. The van der Waals surface area contributed by atoms with E-state index >= 15 is 0 Å². The van der Waals surface area contributed by atoms with E-state index in [-0.39, 0.29) is 5.92 Å². The molecule has 0 N–H and O–H groups in total. The number of aromatic nitrogens is 2. The molecule has 0 radical (unpaired) electrons. The summed E-state index contributed by atoms with van der Waals surface area (Å²) < 4.78 is 33.5. The van der Waals surface area contributed by atoms with Gasteiger partial charge in [-0.3, -0.25) is 0 Å². The van der Waals surface area contributed by atoms with Crippen molar-refractivity contribution in [2.75, 3.05) is 13.1 Å². The van der Waals surface area contributed by atoms with Crippen molar-refractivity contribution in [1.82, 2.24) is 14.5 Å². The second-order valence-electron chi connectivity index (χ2n) is 7.89. The number of hydrogen-bond acceptors (Lipinski definition) is 5. The van der Waals surface area contributed by atoms with Gasteiger partial charge in [0.1, 0.15) is 0 Å². The molecule has 0 saturated carbocycles. The molecule has 0 amide bonds. The minimum absolute atomic E-state index is 0.0782. The number of benzene rings is 2. The summed E-state index contributed by atoms with van der Waals surface area (Å²) in [6.45, 7) is 5.04. The van der Waals surface area contributed by atoms with Gasteiger partial charge in [0.25, 0.3) is 0 Å². The normalized spacial score (nSPS) is 16.1. The molecule has 6 nitrogen and oxygen atoms in total. The third kappa shape index (κ3) is 4.32. The first-order valence-corrected chi connectivity index (χ1v) is 11.9. The highest BCUT2D eigenvalue weighted by Gasteiger charge is 2.32. The fourth-order valence-corrected chi connectivity index (χ4v) is 5.37. The Morgan fingerprint density at radius 2 is 1.80 bits per heavy atom. The molecule has 0 bridgehead atoms. The zero-order valence-corrected chi connectivity index (χ0v) is 18.2. The summed E-state index contributed by atoms with van der Waals surface area (Å²) in [4.78, 5) is 0.361. The number of aryl methyl sites for hydroxylation is 2. The quantitative estimate of drug-likeness (QED) is 0.578. The van der Waals surface area contributed by atoms with Gasteiger partial charge in [-0.2, -0.15) is 4.31 Å². The van der Waals surface area contributed by atoms with E-state index in [0.717, 1.165) is 29.5 Å². The van der Waals surface area contributed by atoms with Crippen molar-refractivity contribution in [3.8, 4) is 11.5 Å². The van der Waals surface area contributed by atoms with E-state index in [1.54, 1.807) is 16.4 Å². The first-order valence-electron chi connectivity index (χ1n) is 10.5. The maximum absolute atomic E-state index is 13.0. The Balaban J connectivity index is 1.42. The van der Waals surface area contributed by atoms with Crippen molar-refractivity contribution in [1.29, 1.82) is 0 Å². The zero-order valence-electron chi connectivity index (χ0n) is 17.4. The fourth-order valence-electron chi connectivity index (χ4n) is 3.90. The summed E-state index contributed by atoms with van der Waals surface area (Å²) in [6, 6.07) is 15.2. The summed E-state index contributed by atoms with van der Waals surface area (Å²) in [5, 5.41) is 8.43. The molecule has 0 atom stereocenters. The van der Waals surface area contributed by atoms with E-state index in [9.17, 15) is 8.42 Å². The average Bonchev–Trinajstić information content (AvgIpc) is 3.25. The summed E-state index contributed by atoms with van der Waals surface area (Å²) in [7, 11) is -3.48. The Morgan fingerprint density at radius 3 is 2.47 bits per heavy atom. The highest BCUT2D eigenvalue weighted by atomic mass is 32.2. The monoisotopic (exact) mass is 425 g/mol. The smallest absolute Gasteiger partial charge is 0.247 e. The summed E-state index contributed by atoms with van der Waals surface area (Å²) in [5.74, 6) is 1.18. The predicted molar refractivity (Wildman–Crippen MR) is 116 cm³/mol. The van der Waals surface area contributed by atoms with Crippen LogP contribution in [0.15, 0.2) is 57.8 Å². The van der Waals surface area contributed by atoms with Crippen molar-refractivity contribution in [2.24, 2.45) is 0 Å². The standard InChI is InChI=1S/C23H27N3O3S/c1-3-5-18-8-10-21(11-9-18)30(27,28)26-14-12-19(13-15-26)22-24-25-23(29-22)20-7-4-6-17(2)16-20/h4,6-11,16,19H,3,5,12-15H2,1-2H3. The van der Waals surface area contributed by atoms with E-state index in [0.29, 0.717) is 42.6 Å². The van der Waals surface area contributed by atoms with Crippen LogP contribution in [0.25, 0.3) is 11.5 Å². The molecule has 0 aliphatic carbocycles. The molecule has 1 saturated heterocycles. The molecule has 2 heterocycles. The number of rotatable bonds is 6. The van der Waals surface area contributed by atoms with E-state index < -0.39 is 10.0 Å². The van der Waals surface area contributed by atoms with Gasteiger partial charge in [-0.1, -0.05) is 43.2 Å². The van der Waals surface area contributed by atoms with Gasteiger partial charge in [-0.25, -0.2) is 8.42 Å². The first-order chi connectivity index (χ1) is 14.5. The third-order valence-corrected chi connectivity index (χ3v) is 7.52. The highest BCUT2D eigenvalue weighted by molar-refractivity contribution is 7.89. The van der Waals surface area contributed by atoms with Gasteiger partial charge in [0.15, 0.2) is 0 Å². The van der Waals surface area contributed by atoms with Crippen LogP contribution in [0.2, 0.25) is 0 Å². The molecule has 0 unspecified atom stereocenters. The minimum atomic E-state index is -3.48. The molecule has 4 rings (SSSR count). The molecule has 1 aliphatic heterocycles. The second-order valence-corrected chi connectivity index (χ2v) is 9.83. The van der Waals surface area contributed by atoms with Crippen molar-refractivity contribution in [3.63, 3.8) is 0 Å². The van der Waals surface area contributed by atoms with Crippen LogP contribution >= 0.6 is 0 Å². The number of hydrogen-bond donors (Lipinski definition) is 0. The Hall–Kier alpha value is -2.51. The van der Waals surface area contributed by atoms with Gasteiger partial charge >= 0.3 is 0 Å². The Labute approximate surface area is 178 Å². The molecule has 1 fully saturated rings. The first kappa shape index (κ1) is 20.8. The largest absolute Gasteiger partial charge is 0.420 e. The van der Waals surface area contributed by atoms with Crippen LogP contribution in [0, 0.1) is 6.92 Å². The lowest BCUT2D eigenvalue weighted by Crippen LogP contribution is -2.37. The van der Waals surface area contributed by atoms with Gasteiger partial charge in [0, 0.05) is 24.6 Å². The van der Waals surface area contributed by atoms with Crippen LogP contribution in [-0.2, 0) is 16.4 Å². The van der Waals surface area contributed by atoms with Crippen LogP contribution in [-0.4, -0.2) is 36.0 Å². The van der Waals surface area contributed by atoms with Crippen LogP contribution < -0.4 is 0 Å². The molecular formula is C23H27N3O3S. The molecule has 3 aromatic rings. The van der Waals surface area contributed by atoms with Gasteiger partial charge in [0.2, 0.25) is 21.8 Å². The summed E-state index contributed by atoms with van der Waals surface area (Å²) in [6.07, 6.45) is 3.34. The minimum Gasteiger partial charge on any atom is -0.420 e. The van der Waals surface area contributed by atoms with Gasteiger partial charge in [0.05, 0.1) is 4.90 Å².